The van der Waals surface area contributed by atoms with Gasteiger partial charge in [-0.25, -0.2) is 0 Å². The van der Waals surface area contributed by atoms with Crippen molar-refractivity contribution in [2.24, 2.45) is 0 Å². The Bertz CT molecular complexity index is 385. The molecular formula is C11H14BClNO4. The second-order valence-electron chi connectivity index (χ2n) is 3.50. The molecule has 1 heterocycles. The maximum absolute atomic E-state index is 12.0. The first-order valence-electron chi connectivity index (χ1n) is 5.42. The van der Waals surface area contributed by atoms with E-state index in [1.54, 1.807) is 17.0 Å². The number of nitrogens with zero attached hydrogens (tertiary/aromatic N) is 1. The van der Waals surface area contributed by atoms with Gasteiger partial charge in [-0.3, -0.25) is 4.79 Å². The second-order valence-corrected chi connectivity index (χ2v) is 3.91. The van der Waals surface area contributed by atoms with E-state index in [0.717, 1.165) is 0 Å². The summed E-state index contributed by atoms with van der Waals surface area (Å²) in [4.78, 5) is 13.8. The SMILES string of the molecule is O=C(c1ccccc1Cl)N1CCOCC1.O[B]O. The van der Waals surface area contributed by atoms with Crippen LogP contribution in [0.3, 0.4) is 0 Å². The lowest BCUT2D eigenvalue weighted by Gasteiger charge is -2.27. The Morgan fingerprint density at radius 3 is 2.39 bits per heavy atom. The number of benzene rings is 1. The molecule has 97 valence electrons. The van der Waals surface area contributed by atoms with Gasteiger partial charge in [0.05, 0.1) is 23.8 Å². The van der Waals surface area contributed by atoms with Crippen molar-refractivity contribution in [1.29, 1.82) is 0 Å². The van der Waals surface area contributed by atoms with Crippen LogP contribution in [0.25, 0.3) is 0 Å². The lowest BCUT2D eigenvalue weighted by atomic mass is 10.2. The minimum absolute atomic E-state index is 0. The molecule has 1 aromatic rings. The van der Waals surface area contributed by atoms with Crippen molar-refractivity contribution in [2.75, 3.05) is 26.3 Å². The predicted octanol–water partition coefficient (Wildman–Crippen LogP) is 0.318. The number of carbonyl (C=O) groups is 1. The minimum Gasteiger partial charge on any atom is -0.429 e. The van der Waals surface area contributed by atoms with E-state index in [0.29, 0.717) is 36.9 Å². The highest BCUT2D eigenvalue weighted by Crippen LogP contribution is 2.17. The fourth-order valence-electron chi connectivity index (χ4n) is 1.57. The molecule has 0 aromatic heterocycles. The van der Waals surface area contributed by atoms with E-state index < -0.39 is 0 Å². The molecule has 1 fully saturated rings. The van der Waals surface area contributed by atoms with Gasteiger partial charge in [-0.1, -0.05) is 23.7 Å². The van der Waals surface area contributed by atoms with Crippen LogP contribution in [0.5, 0.6) is 0 Å². The number of ether oxygens (including phenoxy) is 1. The smallest absolute Gasteiger partial charge is 0.429 e. The molecule has 0 saturated carbocycles. The van der Waals surface area contributed by atoms with Gasteiger partial charge in [-0.2, -0.15) is 0 Å². The first kappa shape index (κ1) is 15.0. The zero-order valence-electron chi connectivity index (χ0n) is 9.75. The van der Waals surface area contributed by atoms with E-state index in [-0.39, 0.29) is 13.6 Å². The van der Waals surface area contributed by atoms with Crippen molar-refractivity contribution < 1.29 is 19.6 Å². The molecule has 1 aliphatic rings. The number of amides is 1. The molecule has 2 N–H and O–H groups in total. The van der Waals surface area contributed by atoms with Gasteiger partial charge in [0, 0.05) is 13.1 Å². The van der Waals surface area contributed by atoms with Gasteiger partial charge in [0.25, 0.3) is 5.91 Å². The van der Waals surface area contributed by atoms with Crippen molar-refractivity contribution in [3.8, 4) is 0 Å². The summed E-state index contributed by atoms with van der Waals surface area (Å²) < 4.78 is 5.19. The summed E-state index contributed by atoms with van der Waals surface area (Å²) in [5.74, 6) is -0.0103. The van der Waals surface area contributed by atoms with Gasteiger partial charge < -0.3 is 19.7 Å². The molecule has 0 unspecified atom stereocenters. The molecule has 0 atom stereocenters. The molecule has 2 rings (SSSR count). The third kappa shape index (κ3) is 4.31. The monoisotopic (exact) mass is 270 g/mol. The van der Waals surface area contributed by atoms with Gasteiger partial charge in [0.15, 0.2) is 0 Å². The summed E-state index contributed by atoms with van der Waals surface area (Å²) in [5.41, 5.74) is 0.570. The number of rotatable bonds is 1. The molecule has 18 heavy (non-hydrogen) atoms. The van der Waals surface area contributed by atoms with Crippen LogP contribution in [0.15, 0.2) is 24.3 Å². The van der Waals surface area contributed by atoms with Gasteiger partial charge in [-0.05, 0) is 12.1 Å². The van der Waals surface area contributed by atoms with Crippen LogP contribution in [-0.2, 0) is 4.74 Å². The first-order chi connectivity index (χ1) is 8.70. The highest BCUT2D eigenvalue weighted by Gasteiger charge is 2.19. The Labute approximate surface area is 111 Å². The summed E-state index contributed by atoms with van der Waals surface area (Å²) in [6.07, 6.45) is 0. The van der Waals surface area contributed by atoms with E-state index in [2.05, 4.69) is 0 Å². The quantitative estimate of drug-likeness (QED) is 0.721. The molecule has 1 aromatic carbocycles. The van der Waals surface area contributed by atoms with Crippen LogP contribution in [0.4, 0.5) is 0 Å². The third-order valence-corrected chi connectivity index (χ3v) is 2.73. The van der Waals surface area contributed by atoms with E-state index >= 15 is 0 Å². The van der Waals surface area contributed by atoms with Gasteiger partial charge >= 0.3 is 7.69 Å². The lowest BCUT2D eigenvalue weighted by molar-refractivity contribution is 0.0303. The molecule has 5 nitrogen and oxygen atoms in total. The zero-order valence-corrected chi connectivity index (χ0v) is 10.5. The van der Waals surface area contributed by atoms with Gasteiger partial charge in [0.2, 0.25) is 0 Å². The number of hydrogen-bond acceptors (Lipinski definition) is 4. The Morgan fingerprint density at radius 2 is 1.83 bits per heavy atom. The topological polar surface area (TPSA) is 70.0 Å². The Hall–Kier alpha value is -1.08. The van der Waals surface area contributed by atoms with Crippen molar-refractivity contribution in [3.05, 3.63) is 34.9 Å². The molecule has 1 amide bonds. The summed E-state index contributed by atoms with van der Waals surface area (Å²) in [6.45, 7) is 2.50. The molecule has 0 spiro atoms. The number of halogens is 1. The van der Waals surface area contributed by atoms with Crippen LogP contribution < -0.4 is 0 Å². The largest absolute Gasteiger partial charge is 0.482 e. The molecule has 7 heteroatoms. The molecule has 1 radical (unpaired) electrons. The van der Waals surface area contributed by atoms with Crippen molar-refractivity contribution >= 4 is 25.2 Å². The lowest BCUT2D eigenvalue weighted by Crippen LogP contribution is -2.40. The van der Waals surface area contributed by atoms with Crippen LogP contribution in [-0.4, -0.2) is 54.8 Å². The molecule has 0 aliphatic carbocycles. The van der Waals surface area contributed by atoms with E-state index in [1.807, 2.05) is 12.1 Å². The molecule has 1 aliphatic heterocycles. The fourth-order valence-corrected chi connectivity index (χ4v) is 1.79. The third-order valence-electron chi connectivity index (χ3n) is 2.40. The highest BCUT2D eigenvalue weighted by molar-refractivity contribution is 6.33. The second kappa shape index (κ2) is 8.10. The summed E-state index contributed by atoms with van der Waals surface area (Å²) in [5, 5.41) is 14.5. The Kier molecular flexibility index (Phi) is 6.74. The van der Waals surface area contributed by atoms with Crippen LogP contribution in [0.1, 0.15) is 10.4 Å². The van der Waals surface area contributed by atoms with E-state index in [4.69, 9.17) is 26.4 Å². The average Bonchev–Trinajstić information content (AvgIpc) is 2.40. The molecular weight excluding hydrogens is 256 g/mol. The standard InChI is InChI=1S/C11H12ClNO2.BH2O2/c12-10-4-2-1-3-9(10)11(14)13-5-7-15-8-6-13;2-1-3/h1-4H,5-8H2;2-3H. The Morgan fingerprint density at radius 1 is 1.28 bits per heavy atom. The minimum atomic E-state index is -0.0103. The molecule has 1 saturated heterocycles. The predicted molar refractivity (Wildman–Crippen MR) is 68.4 cm³/mol. The number of hydrogen-bond donors (Lipinski definition) is 2. The van der Waals surface area contributed by atoms with Crippen molar-refractivity contribution in [3.63, 3.8) is 0 Å². The highest BCUT2D eigenvalue weighted by atomic mass is 35.5. The summed E-state index contributed by atoms with van der Waals surface area (Å²) >= 11 is 5.96. The summed E-state index contributed by atoms with van der Waals surface area (Å²) in [6, 6.07) is 7.12. The Balaban J connectivity index is 0.000000492. The zero-order chi connectivity index (χ0) is 13.4. The van der Waals surface area contributed by atoms with Crippen LogP contribution in [0.2, 0.25) is 5.02 Å². The number of carbonyl (C=O) groups excluding carboxylic acids is 1. The van der Waals surface area contributed by atoms with Gasteiger partial charge in [0.1, 0.15) is 0 Å². The molecule has 0 bridgehead atoms. The normalized spacial score (nSPS) is 14.5. The van der Waals surface area contributed by atoms with Crippen LogP contribution >= 0.6 is 11.6 Å². The average molecular weight is 271 g/mol. The fraction of sp³-hybridized carbons (Fsp3) is 0.364. The van der Waals surface area contributed by atoms with Crippen molar-refractivity contribution in [2.45, 2.75) is 0 Å². The van der Waals surface area contributed by atoms with Crippen molar-refractivity contribution in [1.82, 2.24) is 4.90 Å². The first-order valence-corrected chi connectivity index (χ1v) is 5.80. The van der Waals surface area contributed by atoms with Crippen LogP contribution in [0, 0.1) is 0 Å². The van der Waals surface area contributed by atoms with Gasteiger partial charge in [-0.15, -0.1) is 0 Å². The van der Waals surface area contributed by atoms with E-state index in [1.165, 1.54) is 0 Å². The maximum atomic E-state index is 12.0. The van der Waals surface area contributed by atoms with E-state index in [9.17, 15) is 4.79 Å². The summed E-state index contributed by atoms with van der Waals surface area (Å²) in [7, 11) is 0. The maximum Gasteiger partial charge on any atom is 0.482 e. The number of morpholine rings is 1.